The molecule has 16 heavy (non-hydrogen) atoms. The highest BCUT2D eigenvalue weighted by Gasteiger charge is 2.31. The summed E-state index contributed by atoms with van der Waals surface area (Å²) >= 11 is 0. The van der Waals surface area contributed by atoms with Gasteiger partial charge in [-0.1, -0.05) is 6.92 Å². The third kappa shape index (κ3) is 3.17. The number of nitrogens with one attached hydrogen (secondary N) is 1. The first kappa shape index (κ1) is 12.3. The van der Waals surface area contributed by atoms with Crippen LogP contribution in [0.2, 0.25) is 0 Å². The Bertz CT molecular complexity index is 195. The van der Waals surface area contributed by atoms with Crippen LogP contribution in [0.25, 0.3) is 0 Å². The van der Waals surface area contributed by atoms with E-state index in [1.54, 1.807) is 0 Å². The van der Waals surface area contributed by atoms with Gasteiger partial charge in [-0.15, -0.1) is 0 Å². The Kier molecular flexibility index (Phi) is 5.03. The van der Waals surface area contributed by atoms with E-state index in [0.29, 0.717) is 12.1 Å². The fraction of sp³-hybridized carbons (Fsp3) is 1.00. The summed E-state index contributed by atoms with van der Waals surface area (Å²) in [5.41, 5.74) is 0. The van der Waals surface area contributed by atoms with Crippen LogP contribution >= 0.6 is 0 Å². The van der Waals surface area contributed by atoms with Crippen molar-refractivity contribution in [3.63, 3.8) is 0 Å². The van der Waals surface area contributed by atoms with Gasteiger partial charge in [0.25, 0.3) is 0 Å². The summed E-state index contributed by atoms with van der Waals surface area (Å²) in [4.78, 5) is 2.52. The van der Waals surface area contributed by atoms with Gasteiger partial charge in [-0.3, -0.25) is 4.90 Å². The molecule has 0 aliphatic carbocycles. The van der Waals surface area contributed by atoms with E-state index in [9.17, 15) is 0 Å². The molecule has 0 spiro atoms. The molecule has 2 saturated heterocycles. The Morgan fingerprint density at radius 3 is 2.75 bits per heavy atom. The molecule has 0 amide bonds. The van der Waals surface area contributed by atoms with E-state index in [4.69, 9.17) is 9.47 Å². The van der Waals surface area contributed by atoms with E-state index in [2.05, 4.69) is 17.1 Å². The highest BCUT2D eigenvalue weighted by Crippen LogP contribution is 2.15. The molecule has 94 valence electrons. The van der Waals surface area contributed by atoms with Crippen LogP contribution in [0, 0.1) is 0 Å². The molecule has 2 aliphatic rings. The third-order valence-electron chi connectivity index (χ3n) is 3.50. The quantitative estimate of drug-likeness (QED) is 0.758. The lowest BCUT2D eigenvalue weighted by molar-refractivity contribution is -0.0449. The van der Waals surface area contributed by atoms with Crippen molar-refractivity contribution in [1.29, 1.82) is 0 Å². The second-order valence-electron chi connectivity index (χ2n) is 4.64. The second-order valence-corrected chi connectivity index (χ2v) is 4.64. The molecule has 2 fully saturated rings. The summed E-state index contributed by atoms with van der Waals surface area (Å²) < 4.78 is 11.0. The monoisotopic (exact) mass is 228 g/mol. The van der Waals surface area contributed by atoms with E-state index < -0.39 is 0 Å². The highest BCUT2D eigenvalue weighted by atomic mass is 16.5. The highest BCUT2D eigenvalue weighted by molar-refractivity contribution is 4.88. The van der Waals surface area contributed by atoms with Gasteiger partial charge in [0.05, 0.1) is 19.8 Å². The fourth-order valence-corrected chi connectivity index (χ4v) is 2.56. The summed E-state index contributed by atoms with van der Waals surface area (Å²) in [5.74, 6) is 0. The maximum Gasteiger partial charge on any atom is 0.0637 e. The largest absolute Gasteiger partial charge is 0.380 e. The Morgan fingerprint density at radius 1 is 1.19 bits per heavy atom. The smallest absolute Gasteiger partial charge is 0.0637 e. The van der Waals surface area contributed by atoms with Crippen molar-refractivity contribution in [3.05, 3.63) is 0 Å². The van der Waals surface area contributed by atoms with E-state index in [-0.39, 0.29) is 0 Å². The van der Waals surface area contributed by atoms with Crippen molar-refractivity contribution in [2.75, 3.05) is 46.1 Å². The van der Waals surface area contributed by atoms with Gasteiger partial charge >= 0.3 is 0 Å². The molecule has 0 radical (unpaired) electrons. The maximum absolute atomic E-state index is 5.62. The van der Waals surface area contributed by atoms with E-state index in [1.807, 2.05) is 0 Å². The van der Waals surface area contributed by atoms with E-state index in [0.717, 1.165) is 52.5 Å². The van der Waals surface area contributed by atoms with Gasteiger partial charge in [0.1, 0.15) is 0 Å². The van der Waals surface area contributed by atoms with Crippen LogP contribution in [0.3, 0.4) is 0 Å². The first-order valence-corrected chi connectivity index (χ1v) is 6.54. The molecule has 4 nitrogen and oxygen atoms in total. The lowest BCUT2D eigenvalue weighted by Gasteiger charge is -2.41. The van der Waals surface area contributed by atoms with Crippen LogP contribution in [0.1, 0.15) is 19.8 Å². The molecule has 2 heterocycles. The fourth-order valence-electron chi connectivity index (χ4n) is 2.56. The predicted octanol–water partition coefficient (Wildman–Crippen LogP) is 0.476. The minimum absolute atomic E-state index is 0.546. The number of morpholine rings is 1. The zero-order chi connectivity index (χ0) is 11.2. The van der Waals surface area contributed by atoms with Crippen molar-refractivity contribution in [2.24, 2.45) is 0 Å². The predicted molar refractivity (Wildman–Crippen MR) is 63.7 cm³/mol. The van der Waals surface area contributed by atoms with Gasteiger partial charge in [0, 0.05) is 31.8 Å². The second kappa shape index (κ2) is 6.55. The van der Waals surface area contributed by atoms with Crippen LogP contribution in [-0.4, -0.2) is 63.0 Å². The van der Waals surface area contributed by atoms with Crippen molar-refractivity contribution in [2.45, 2.75) is 31.8 Å². The van der Waals surface area contributed by atoms with E-state index in [1.165, 1.54) is 6.42 Å². The average Bonchev–Trinajstić information content (AvgIpc) is 2.38. The Labute approximate surface area is 98.3 Å². The maximum atomic E-state index is 5.62. The van der Waals surface area contributed by atoms with Crippen LogP contribution in [0.5, 0.6) is 0 Å². The average molecular weight is 228 g/mol. The Balaban J connectivity index is 1.86. The lowest BCUT2D eigenvalue weighted by Crippen LogP contribution is -2.58. The van der Waals surface area contributed by atoms with Gasteiger partial charge < -0.3 is 14.8 Å². The van der Waals surface area contributed by atoms with E-state index >= 15 is 0 Å². The number of rotatable bonds is 4. The van der Waals surface area contributed by atoms with Crippen molar-refractivity contribution in [3.8, 4) is 0 Å². The van der Waals surface area contributed by atoms with Crippen LogP contribution in [0.15, 0.2) is 0 Å². The SMILES string of the molecule is CCCNC1CCOCC1N1CCOCC1. The zero-order valence-corrected chi connectivity index (χ0v) is 10.3. The molecular formula is C12H24N2O2. The molecule has 0 saturated carbocycles. The summed E-state index contributed by atoms with van der Waals surface area (Å²) in [5, 5.41) is 3.66. The van der Waals surface area contributed by atoms with Crippen LogP contribution in [-0.2, 0) is 9.47 Å². The molecule has 1 N–H and O–H groups in total. The molecule has 0 aromatic heterocycles. The van der Waals surface area contributed by atoms with Gasteiger partial charge in [0.15, 0.2) is 0 Å². The number of ether oxygens (including phenoxy) is 2. The topological polar surface area (TPSA) is 33.7 Å². The first-order valence-electron chi connectivity index (χ1n) is 6.54. The molecule has 0 aromatic carbocycles. The first-order chi connectivity index (χ1) is 7.92. The Hall–Kier alpha value is -0.160. The molecular weight excluding hydrogens is 204 g/mol. The minimum Gasteiger partial charge on any atom is -0.380 e. The number of hydrogen-bond donors (Lipinski definition) is 1. The lowest BCUT2D eigenvalue weighted by atomic mass is 10.0. The van der Waals surface area contributed by atoms with Crippen LogP contribution < -0.4 is 5.32 Å². The van der Waals surface area contributed by atoms with Crippen molar-refractivity contribution < 1.29 is 9.47 Å². The minimum atomic E-state index is 0.546. The molecule has 2 unspecified atom stereocenters. The third-order valence-corrected chi connectivity index (χ3v) is 3.50. The Morgan fingerprint density at radius 2 is 2.00 bits per heavy atom. The molecule has 0 aromatic rings. The summed E-state index contributed by atoms with van der Waals surface area (Å²) in [6, 6.07) is 1.15. The summed E-state index contributed by atoms with van der Waals surface area (Å²) in [6.45, 7) is 8.97. The summed E-state index contributed by atoms with van der Waals surface area (Å²) in [7, 11) is 0. The summed E-state index contributed by atoms with van der Waals surface area (Å²) in [6.07, 6.45) is 2.34. The molecule has 4 heteroatoms. The zero-order valence-electron chi connectivity index (χ0n) is 10.3. The normalized spacial score (nSPS) is 32.8. The van der Waals surface area contributed by atoms with Gasteiger partial charge in [-0.25, -0.2) is 0 Å². The standard InChI is InChI=1S/C12H24N2O2/c1-2-4-13-11-3-7-16-10-12(11)14-5-8-15-9-6-14/h11-13H,2-10H2,1H3. The molecule has 2 rings (SSSR count). The molecule has 2 atom stereocenters. The van der Waals surface area contributed by atoms with Gasteiger partial charge in [-0.2, -0.15) is 0 Å². The molecule has 2 aliphatic heterocycles. The van der Waals surface area contributed by atoms with Gasteiger partial charge in [-0.05, 0) is 19.4 Å². The molecule has 0 bridgehead atoms. The van der Waals surface area contributed by atoms with Crippen molar-refractivity contribution >= 4 is 0 Å². The number of nitrogens with zero attached hydrogens (tertiary/aromatic N) is 1. The van der Waals surface area contributed by atoms with Crippen molar-refractivity contribution in [1.82, 2.24) is 10.2 Å². The number of hydrogen-bond acceptors (Lipinski definition) is 4. The van der Waals surface area contributed by atoms with Gasteiger partial charge in [0.2, 0.25) is 0 Å². The van der Waals surface area contributed by atoms with Crippen LogP contribution in [0.4, 0.5) is 0 Å².